The van der Waals surface area contributed by atoms with Gasteiger partial charge in [-0.25, -0.2) is 4.98 Å². The summed E-state index contributed by atoms with van der Waals surface area (Å²) in [5.41, 5.74) is 0.0256. The summed E-state index contributed by atoms with van der Waals surface area (Å²) in [6.45, 7) is 9.15. The molecule has 1 unspecified atom stereocenters. The van der Waals surface area contributed by atoms with Gasteiger partial charge in [-0.3, -0.25) is 4.79 Å². The van der Waals surface area contributed by atoms with Crippen molar-refractivity contribution < 1.29 is 4.79 Å². The molecule has 0 saturated carbocycles. The van der Waals surface area contributed by atoms with Crippen LogP contribution in [0.25, 0.3) is 0 Å². The SMILES string of the molecule is CC(C)(C)C(Cn1ccnc1)NC(=O)CC1CNC1. The number of rotatable bonds is 5. The number of aromatic nitrogens is 2. The number of carbonyl (C=O) groups excluding carboxylic acids is 1. The molecule has 106 valence electrons. The molecule has 0 aromatic carbocycles. The van der Waals surface area contributed by atoms with Crippen LogP contribution in [-0.4, -0.2) is 34.6 Å². The van der Waals surface area contributed by atoms with E-state index in [0.29, 0.717) is 12.3 Å². The Labute approximate surface area is 114 Å². The van der Waals surface area contributed by atoms with Crippen molar-refractivity contribution in [3.8, 4) is 0 Å². The fourth-order valence-corrected chi connectivity index (χ4v) is 2.15. The van der Waals surface area contributed by atoms with Crippen molar-refractivity contribution in [2.24, 2.45) is 11.3 Å². The lowest BCUT2D eigenvalue weighted by Crippen LogP contribution is -2.49. The molecule has 1 saturated heterocycles. The third-order valence-electron chi connectivity index (χ3n) is 3.67. The Hall–Kier alpha value is -1.36. The number of carbonyl (C=O) groups is 1. The maximum atomic E-state index is 12.1. The summed E-state index contributed by atoms with van der Waals surface area (Å²) in [5, 5.41) is 6.37. The number of hydrogen-bond donors (Lipinski definition) is 2. The summed E-state index contributed by atoms with van der Waals surface area (Å²) in [6.07, 6.45) is 6.12. The first kappa shape index (κ1) is 14.1. The van der Waals surface area contributed by atoms with Gasteiger partial charge in [-0.15, -0.1) is 0 Å². The molecule has 2 heterocycles. The lowest BCUT2D eigenvalue weighted by Gasteiger charge is -2.33. The highest BCUT2D eigenvalue weighted by molar-refractivity contribution is 5.76. The van der Waals surface area contributed by atoms with Crippen molar-refractivity contribution in [2.75, 3.05) is 13.1 Å². The maximum Gasteiger partial charge on any atom is 0.220 e. The molecule has 1 aromatic rings. The minimum Gasteiger partial charge on any atom is -0.351 e. The minimum absolute atomic E-state index is 0.0256. The van der Waals surface area contributed by atoms with Crippen LogP contribution < -0.4 is 10.6 Å². The van der Waals surface area contributed by atoms with Crippen LogP contribution in [0.1, 0.15) is 27.2 Å². The second kappa shape index (κ2) is 5.74. The van der Waals surface area contributed by atoms with Crippen LogP contribution in [0.2, 0.25) is 0 Å². The Balaban J connectivity index is 1.91. The van der Waals surface area contributed by atoms with Crippen molar-refractivity contribution in [1.82, 2.24) is 20.2 Å². The number of nitrogens with one attached hydrogen (secondary N) is 2. The molecule has 0 bridgehead atoms. The van der Waals surface area contributed by atoms with Gasteiger partial charge >= 0.3 is 0 Å². The van der Waals surface area contributed by atoms with Gasteiger partial charge in [0.25, 0.3) is 0 Å². The average molecular weight is 264 g/mol. The normalized spacial score (nSPS) is 17.8. The number of amides is 1. The van der Waals surface area contributed by atoms with Gasteiger partial charge in [0.2, 0.25) is 5.91 Å². The van der Waals surface area contributed by atoms with Crippen molar-refractivity contribution in [1.29, 1.82) is 0 Å². The molecule has 0 radical (unpaired) electrons. The predicted molar refractivity (Wildman–Crippen MR) is 74.6 cm³/mol. The fourth-order valence-electron chi connectivity index (χ4n) is 2.15. The second-order valence-electron chi connectivity index (χ2n) is 6.47. The highest BCUT2D eigenvalue weighted by Crippen LogP contribution is 2.21. The van der Waals surface area contributed by atoms with Crippen LogP contribution in [0.3, 0.4) is 0 Å². The summed E-state index contributed by atoms with van der Waals surface area (Å²) in [4.78, 5) is 16.1. The Morgan fingerprint density at radius 1 is 1.53 bits per heavy atom. The molecule has 1 aliphatic rings. The van der Waals surface area contributed by atoms with Gasteiger partial charge in [0, 0.05) is 25.4 Å². The molecule has 2 rings (SSSR count). The lowest BCUT2D eigenvalue weighted by molar-refractivity contribution is -0.124. The quantitative estimate of drug-likeness (QED) is 0.835. The zero-order valence-corrected chi connectivity index (χ0v) is 12.0. The summed E-state index contributed by atoms with van der Waals surface area (Å²) in [5.74, 6) is 0.667. The summed E-state index contributed by atoms with van der Waals surface area (Å²) in [7, 11) is 0. The molecule has 1 atom stereocenters. The molecule has 0 aliphatic carbocycles. The van der Waals surface area contributed by atoms with E-state index in [4.69, 9.17) is 0 Å². The predicted octanol–water partition coefficient (Wildman–Crippen LogP) is 1.02. The zero-order chi connectivity index (χ0) is 13.9. The van der Waals surface area contributed by atoms with Crippen molar-refractivity contribution in [2.45, 2.75) is 39.8 Å². The fraction of sp³-hybridized carbons (Fsp3) is 0.714. The Morgan fingerprint density at radius 2 is 2.26 bits per heavy atom. The van der Waals surface area contributed by atoms with Gasteiger partial charge in [-0.05, 0) is 24.4 Å². The Bertz CT molecular complexity index is 404. The van der Waals surface area contributed by atoms with Crippen LogP contribution in [0.5, 0.6) is 0 Å². The van der Waals surface area contributed by atoms with E-state index in [2.05, 4.69) is 36.4 Å². The number of hydrogen-bond acceptors (Lipinski definition) is 3. The Morgan fingerprint density at radius 3 is 2.74 bits per heavy atom. The highest BCUT2D eigenvalue weighted by atomic mass is 16.1. The molecule has 19 heavy (non-hydrogen) atoms. The van der Waals surface area contributed by atoms with E-state index >= 15 is 0 Å². The highest BCUT2D eigenvalue weighted by Gasteiger charge is 2.28. The zero-order valence-electron chi connectivity index (χ0n) is 12.0. The van der Waals surface area contributed by atoms with Crippen molar-refractivity contribution >= 4 is 5.91 Å². The van der Waals surface area contributed by atoms with Gasteiger partial charge in [0.05, 0.1) is 12.4 Å². The first-order valence-electron chi connectivity index (χ1n) is 6.91. The van der Waals surface area contributed by atoms with Gasteiger partial charge in [0.15, 0.2) is 0 Å². The molecule has 5 heteroatoms. The first-order valence-corrected chi connectivity index (χ1v) is 6.91. The van der Waals surface area contributed by atoms with Gasteiger partial charge in [-0.1, -0.05) is 20.8 Å². The van der Waals surface area contributed by atoms with Crippen LogP contribution in [0.15, 0.2) is 18.7 Å². The third-order valence-corrected chi connectivity index (χ3v) is 3.67. The maximum absolute atomic E-state index is 12.1. The monoisotopic (exact) mass is 264 g/mol. The standard InChI is InChI=1S/C14H24N4O/c1-14(2,3)12(9-18-5-4-15-10-18)17-13(19)6-11-7-16-8-11/h4-5,10-12,16H,6-9H2,1-3H3,(H,17,19). The smallest absolute Gasteiger partial charge is 0.220 e. The minimum atomic E-state index is 0.0256. The van der Waals surface area contributed by atoms with E-state index in [1.54, 1.807) is 12.5 Å². The van der Waals surface area contributed by atoms with E-state index in [1.165, 1.54) is 0 Å². The van der Waals surface area contributed by atoms with Crippen molar-refractivity contribution in [3.63, 3.8) is 0 Å². The van der Waals surface area contributed by atoms with Crippen LogP contribution in [0, 0.1) is 11.3 Å². The van der Waals surface area contributed by atoms with Crippen LogP contribution >= 0.6 is 0 Å². The molecular weight excluding hydrogens is 240 g/mol. The summed E-state index contributed by atoms with van der Waals surface area (Å²) < 4.78 is 2.01. The topological polar surface area (TPSA) is 59.0 Å². The molecule has 1 aromatic heterocycles. The van der Waals surface area contributed by atoms with Gasteiger partial charge in [0.1, 0.15) is 0 Å². The van der Waals surface area contributed by atoms with Crippen LogP contribution in [-0.2, 0) is 11.3 Å². The van der Waals surface area contributed by atoms with E-state index in [0.717, 1.165) is 19.6 Å². The third kappa shape index (κ3) is 4.06. The summed E-state index contributed by atoms with van der Waals surface area (Å²) in [6, 6.07) is 0.113. The molecule has 0 spiro atoms. The van der Waals surface area contributed by atoms with E-state index in [1.807, 2.05) is 10.8 Å². The van der Waals surface area contributed by atoms with E-state index < -0.39 is 0 Å². The average Bonchev–Trinajstić information content (AvgIpc) is 2.74. The molecular formula is C14H24N4O. The Kier molecular flexibility index (Phi) is 4.24. The molecule has 2 N–H and O–H groups in total. The number of imidazole rings is 1. The van der Waals surface area contributed by atoms with Gasteiger partial charge < -0.3 is 15.2 Å². The van der Waals surface area contributed by atoms with Crippen molar-refractivity contribution in [3.05, 3.63) is 18.7 Å². The lowest BCUT2D eigenvalue weighted by atomic mass is 9.86. The first-order chi connectivity index (χ1) is 8.95. The van der Waals surface area contributed by atoms with E-state index in [-0.39, 0.29) is 17.4 Å². The molecule has 1 amide bonds. The molecule has 1 aliphatic heterocycles. The second-order valence-corrected chi connectivity index (χ2v) is 6.47. The van der Waals surface area contributed by atoms with Gasteiger partial charge in [-0.2, -0.15) is 0 Å². The summed E-state index contributed by atoms with van der Waals surface area (Å²) >= 11 is 0. The molecule has 5 nitrogen and oxygen atoms in total. The van der Waals surface area contributed by atoms with E-state index in [9.17, 15) is 4.79 Å². The number of nitrogens with zero attached hydrogens (tertiary/aromatic N) is 2. The largest absolute Gasteiger partial charge is 0.351 e. The van der Waals surface area contributed by atoms with Crippen LogP contribution in [0.4, 0.5) is 0 Å². The molecule has 1 fully saturated rings.